The zero-order valence-corrected chi connectivity index (χ0v) is 15.7. The van der Waals surface area contributed by atoms with Crippen molar-refractivity contribution in [3.05, 3.63) is 86.4 Å². The summed E-state index contributed by atoms with van der Waals surface area (Å²) in [5.74, 6) is -0.0828. The van der Waals surface area contributed by atoms with Gasteiger partial charge in [-0.3, -0.25) is 14.3 Å². The molecular formula is C22H17N3O2S. The third-order valence-corrected chi connectivity index (χ3v) is 5.38. The molecule has 0 spiro atoms. The number of fused-ring (bicyclic) bond motifs is 1. The number of aliphatic imine (C=N–C) groups is 1. The van der Waals surface area contributed by atoms with Crippen LogP contribution in [0, 0.1) is 4.77 Å². The van der Waals surface area contributed by atoms with Crippen LogP contribution in [0.5, 0.6) is 5.88 Å². The van der Waals surface area contributed by atoms with E-state index in [0.717, 1.165) is 40.9 Å². The van der Waals surface area contributed by atoms with Crippen LogP contribution in [-0.2, 0) is 0 Å². The first-order chi connectivity index (χ1) is 13.6. The Hall–Kier alpha value is -3.25. The smallest absolute Gasteiger partial charge is 0.262 e. The van der Waals surface area contributed by atoms with Gasteiger partial charge in [-0.15, -0.1) is 0 Å². The lowest BCUT2D eigenvalue weighted by Crippen LogP contribution is -2.16. The van der Waals surface area contributed by atoms with Gasteiger partial charge in [-0.05, 0) is 37.2 Å². The molecule has 2 heterocycles. The number of H-pyrrole nitrogens is 1. The van der Waals surface area contributed by atoms with Gasteiger partial charge in [-0.2, -0.15) is 0 Å². The Labute approximate surface area is 166 Å². The quantitative estimate of drug-likeness (QED) is 0.644. The molecule has 1 aliphatic heterocycles. The van der Waals surface area contributed by atoms with E-state index in [2.05, 4.69) is 4.98 Å². The number of allylic oxidation sites excluding steroid dienone is 1. The second kappa shape index (κ2) is 6.42. The van der Waals surface area contributed by atoms with Gasteiger partial charge in [-0.1, -0.05) is 48.5 Å². The molecule has 2 aliphatic rings. The van der Waals surface area contributed by atoms with Gasteiger partial charge in [0.1, 0.15) is 5.56 Å². The lowest BCUT2D eigenvalue weighted by atomic mass is 9.96. The SMILES string of the molecule is O=c1[nH]c(=S)n(C2CC2)c(O)c1/C=C1\C(c2ccccc2)=Nc2ccccc21. The Morgan fingerprint density at radius 3 is 2.57 bits per heavy atom. The highest BCUT2D eigenvalue weighted by atomic mass is 32.1. The fourth-order valence-corrected chi connectivity index (χ4v) is 3.90. The summed E-state index contributed by atoms with van der Waals surface area (Å²) in [4.78, 5) is 20.1. The van der Waals surface area contributed by atoms with Gasteiger partial charge >= 0.3 is 0 Å². The molecule has 0 saturated heterocycles. The molecule has 3 aromatic rings. The minimum atomic E-state index is -0.399. The average molecular weight is 387 g/mol. The highest BCUT2D eigenvalue weighted by Crippen LogP contribution is 2.41. The van der Waals surface area contributed by atoms with Gasteiger partial charge in [0.25, 0.3) is 5.56 Å². The van der Waals surface area contributed by atoms with Crippen LogP contribution in [-0.4, -0.2) is 20.4 Å². The predicted molar refractivity (Wildman–Crippen MR) is 113 cm³/mol. The number of nitrogens with one attached hydrogen (secondary N) is 1. The fraction of sp³-hybridized carbons (Fsp3) is 0.136. The van der Waals surface area contributed by atoms with Crippen LogP contribution in [0.2, 0.25) is 0 Å². The number of benzene rings is 2. The molecule has 2 N–H and O–H groups in total. The number of para-hydroxylation sites is 1. The van der Waals surface area contributed by atoms with Gasteiger partial charge in [0, 0.05) is 22.7 Å². The van der Waals surface area contributed by atoms with Gasteiger partial charge in [-0.25, -0.2) is 4.99 Å². The van der Waals surface area contributed by atoms with Crippen molar-refractivity contribution < 1.29 is 5.11 Å². The van der Waals surface area contributed by atoms with Crippen molar-refractivity contribution in [2.75, 3.05) is 0 Å². The van der Waals surface area contributed by atoms with E-state index in [9.17, 15) is 9.90 Å². The van der Waals surface area contributed by atoms with Crippen LogP contribution in [0.15, 0.2) is 64.4 Å². The van der Waals surface area contributed by atoms with Crippen LogP contribution in [0.4, 0.5) is 5.69 Å². The fourth-order valence-electron chi connectivity index (χ4n) is 3.57. The molecule has 5 nitrogen and oxygen atoms in total. The van der Waals surface area contributed by atoms with Crippen molar-refractivity contribution in [1.29, 1.82) is 0 Å². The largest absolute Gasteiger partial charge is 0.494 e. The van der Waals surface area contributed by atoms with Crippen molar-refractivity contribution in [1.82, 2.24) is 9.55 Å². The molecule has 138 valence electrons. The summed E-state index contributed by atoms with van der Waals surface area (Å²) < 4.78 is 1.90. The van der Waals surface area contributed by atoms with E-state index in [1.165, 1.54) is 0 Å². The molecule has 28 heavy (non-hydrogen) atoms. The van der Waals surface area contributed by atoms with Crippen LogP contribution in [0.3, 0.4) is 0 Å². The van der Waals surface area contributed by atoms with Gasteiger partial charge in [0.15, 0.2) is 4.77 Å². The number of hydrogen-bond donors (Lipinski definition) is 2. The van der Waals surface area contributed by atoms with Crippen molar-refractivity contribution in [2.24, 2.45) is 4.99 Å². The third-order valence-electron chi connectivity index (χ3n) is 5.08. The lowest BCUT2D eigenvalue weighted by molar-refractivity contribution is 0.404. The molecule has 6 heteroatoms. The maximum Gasteiger partial charge on any atom is 0.262 e. The summed E-state index contributed by atoms with van der Waals surface area (Å²) in [6.45, 7) is 0. The molecule has 0 bridgehead atoms. The number of nitrogens with zero attached hydrogens (tertiary/aromatic N) is 2. The minimum Gasteiger partial charge on any atom is -0.494 e. The first-order valence-corrected chi connectivity index (χ1v) is 9.57. The lowest BCUT2D eigenvalue weighted by Gasteiger charge is -2.11. The Kier molecular flexibility index (Phi) is 3.87. The average Bonchev–Trinajstić information content (AvgIpc) is 3.46. The second-order valence-electron chi connectivity index (χ2n) is 7.00. The van der Waals surface area contributed by atoms with Crippen molar-refractivity contribution >= 4 is 35.3 Å². The highest BCUT2D eigenvalue weighted by Gasteiger charge is 2.29. The monoisotopic (exact) mass is 387 g/mol. The Morgan fingerprint density at radius 1 is 1.11 bits per heavy atom. The number of aromatic amines is 1. The summed E-state index contributed by atoms with van der Waals surface area (Å²) in [5.41, 5.74) is 4.12. The normalized spacial score (nSPS) is 16.9. The number of aromatic hydroxyl groups is 1. The molecule has 0 atom stereocenters. The molecule has 1 saturated carbocycles. The maximum atomic E-state index is 12.6. The van der Waals surface area contributed by atoms with Crippen LogP contribution >= 0.6 is 12.2 Å². The summed E-state index contributed by atoms with van der Waals surface area (Å²) in [6, 6.07) is 17.8. The molecule has 1 fully saturated rings. The second-order valence-corrected chi connectivity index (χ2v) is 7.39. The molecule has 1 aliphatic carbocycles. The molecular weight excluding hydrogens is 370 g/mol. The Morgan fingerprint density at radius 2 is 1.82 bits per heavy atom. The van der Waals surface area contributed by atoms with Crippen LogP contribution in [0.1, 0.15) is 35.6 Å². The Balaban J connectivity index is 1.74. The van der Waals surface area contributed by atoms with E-state index in [4.69, 9.17) is 17.2 Å². The highest BCUT2D eigenvalue weighted by molar-refractivity contribution is 7.71. The summed E-state index contributed by atoms with van der Waals surface area (Å²) >= 11 is 5.25. The molecule has 0 radical (unpaired) electrons. The summed E-state index contributed by atoms with van der Waals surface area (Å²) in [6.07, 6.45) is 3.62. The standard InChI is InChI=1S/C22H17N3O2S/c26-20-17(21(27)25(14-10-11-14)22(28)24-20)12-16-15-8-4-5-9-18(15)23-19(16)13-6-2-1-3-7-13/h1-9,12,14,27H,10-11H2,(H,24,26,28)/b16-12-. The first kappa shape index (κ1) is 16.9. The predicted octanol–water partition coefficient (Wildman–Crippen LogP) is 4.62. The zero-order chi connectivity index (χ0) is 19.3. The van der Waals surface area contributed by atoms with E-state index in [1.807, 2.05) is 54.6 Å². The number of aromatic nitrogens is 2. The Bertz CT molecular complexity index is 1260. The van der Waals surface area contributed by atoms with Gasteiger partial charge in [0.05, 0.1) is 11.4 Å². The van der Waals surface area contributed by atoms with Crippen molar-refractivity contribution in [2.45, 2.75) is 18.9 Å². The maximum absolute atomic E-state index is 12.6. The molecule has 0 unspecified atom stereocenters. The molecule has 1 aromatic heterocycles. The van der Waals surface area contributed by atoms with Crippen LogP contribution in [0.25, 0.3) is 11.6 Å². The molecule has 5 rings (SSSR count). The molecule has 2 aromatic carbocycles. The third kappa shape index (κ3) is 2.73. The van der Waals surface area contributed by atoms with E-state index in [-0.39, 0.29) is 22.3 Å². The van der Waals surface area contributed by atoms with Gasteiger partial charge < -0.3 is 5.11 Å². The topological polar surface area (TPSA) is 70.4 Å². The summed E-state index contributed by atoms with van der Waals surface area (Å²) in [7, 11) is 0. The van der Waals surface area contributed by atoms with E-state index in [0.29, 0.717) is 0 Å². The zero-order valence-electron chi connectivity index (χ0n) is 14.9. The molecule has 0 amide bonds. The van der Waals surface area contributed by atoms with Crippen molar-refractivity contribution in [3.8, 4) is 5.88 Å². The number of rotatable bonds is 3. The van der Waals surface area contributed by atoms with Gasteiger partial charge in [0.2, 0.25) is 5.88 Å². The van der Waals surface area contributed by atoms with Crippen LogP contribution < -0.4 is 5.56 Å². The number of hydrogen-bond acceptors (Lipinski definition) is 4. The van der Waals surface area contributed by atoms with Crippen molar-refractivity contribution in [3.63, 3.8) is 0 Å². The van der Waals surface area contributed by atoms with E-state index in [1.54, 1.807) is 10.6 Å². The van der Waals surface area contributed by atoms with E-state index < -0.39 is 5.56 Å². The summed E-state index contributed by atoms with van der Waals surface area (Å²) in [5, 5.41) is 10.8. The minimum absolute atomic E-state index is 0.0828. The first-order valence-electron chi connectivity index (χ1n) is 9.17. The van der Waals surface area contributed by atoms with E-state index >= 15 is 0 Å².